The molecule has 1 aliphatic heterocycles. The number of halogens is 1. The van der Waals surface area contributed by atoms with Gasteiger partial charge in [0.25, 0.3) is 5.91 Å². The zero-order valence-corrected chi connectivity index (χ0v) is 30.3. The third kappa shape index (κ3) is 9.97. The number of hydrogen-bond donors (Lipinski definition) is 5. The van der Waals surface area contributed by atoms with Gasteiger partial charge in [-0.3, -0.25) is 19.2 Å². The molecule has 288 valence electrons. The number of anilines is 5. The maximum atomic E-state index is 14.7. The highest BCUT2D eigenvalue weighted by atomic mass is 19.1. The molecule has 0 saturated heterocycles. The molecule has 3 heterocycles. The van der Waals surface area contributed by atoms with Crippen molar-refractivity contribution in [2.45, 2.75) is 19.3 Å². The highest BCUT2D eigenvalue weighted by Crippen LogP contribution is 2.39. The monoisotopic (exact) mass is 749 g/mol. The molecule has 0 unspecified atom stereocenters. The van der Waals surface area contributed by atoms with E-state index >= 15 is 0 Å². The number of fused-ring (bicyclic) bond motifs is 2. The van der Waals surface area contributed by atoms with E-state index in [0.29, 0.717) is 66.8 Å². The summed E-state index contributed by atoms with van der Waals surface area (Å²) >= 11 is 0. The number of nitrogens with zero attached hydrogens (tertiary/aromatic N) is 4. The van der Waals surface area contributed by atoms with E-state index in [2.05, 4.69) is 30.9 Å². The number of rotatable bonds is 20. The van der Waals surface area contributed by atoms with Crippen LogP contribution in [0.2, 0.25) is 0 Å². The van der Waals surface area contributed by atoms with E-state index in [9.17, 15) is 23.6 Å². The lowest BCUT2D eigenvalue weighted by Gasteiger charge is -2.23. The number of nitrogens with one attached hydrogen (secondary N) is 4. The van der Waals surface area contributed by atoms with Crippen molar-refractivity contribution in [1.29, 1.82) is 0 Å². The Morgan fingerprint density at radius 1 is 0.963 bits per heavy atom. The summed E-state index contributed by atoms with van der Waals surface area (Å²) in [5.41, 5.74) is 7.59. The Hall–Kier alpha value is -5.85. The van der Waals surface area contributed by atoms with E-state index in [1.807, 2.05) is 6.07 Å². The minimum absolute atomic E-state index is 0.0934. The number of aromatic nitrogens is 3. The molecule has 0 radical (unpaired) electrons. The molecule has 5 rings (SSSR count). The van der Waals surface area contributed by atoms with Crippen LogP contribution in [-0.4, -0.2) is 117 Å². The van der Waals surface area contributed by atoms with Gasteiger partial charge in [-0.1, -0.05) is 6.07 Å². The lowest BCUT2D eigenvalue weighted by molar-refractivity contribution is -0.134. The number of carbonyl (C=O) groups excluding carboxylic acids is 4. The van der Waals surface area contributed by atoms with Crippen LogP contribution in [-0.2, 0) is 35.0 Å². The fourth-order valence-electron chi connectivity index (χ4n) is 5.71. The predicted octanol–water partition coefficient (Wildman–Crippen LogP) is 2.62. The fraction of sp³-hybridized carbons (Fsp3) is 0.389. The summed E-state index contributed by atoms with van der Waals surface area (Å²) < 4.78 is 36.5. The number of nitrogens with two attached hydrogens (primary N) is 1. The van der Waals surface area contributed by atoms with Crippen LogP contribution >= 0.6 is 0 Å². The van der Waals surface area contributed by atoms with Crippen LogP contribution in [0.25, 0.3) is 11.0 Å². The standard InChI is InChI=1S/C36H44FN9O8/c1-39-35(50)32-24(37)5-4-6-25(32)41-34-23-7-11-40-33(23)43-36(44-34)42-26-20-27-22(19-28(26)51-3)8-12-46(27)31(49)21-45(2)30(48)10-14-53-16-18-54-17-15-52-13-9-29(38)47/h4-7,11,19-20H,8-10,12-18,21H2,1-3H3,(H2,38,47)(H,39,50)(H3,40,41,42,43,44). The van der Waals surface area contributed by atoms with Gasteiger partial charge in [0.05, 0.1) is 82.0 Å². The van der Waals surface area contributed by atoms with Crippen LogP contribution in [0.5, 0.6) is 5.75 Å². The predicted molar refractivity (Wildman–Crippen MR) is 198 cm³/mol. The van der Waals surface area contributed by atoms with Gasteiger partial charge in [-0.15, -0.1) is 0 Å². The summed E-state index contributed by atoms with van der Waals surface area (Å²) in [6.07, 6.45) is 2.52. The third-order valence-electron chi connectivity index (χ3n) is 8.48. The van der Waals surface area contributed by atoms with Gasteiger partial charge in [-0.2, -0.15) is 9.97 Å². The smallest absolute Gasteiger partial charge is 0.256 e. The Balaban J connectivity index is 1.20. The second-order valence-corrected chi connectivity index (χ2v) is 12.2. The van der Waals surface area contributed by atoms with E-state index < -0.39 is 17.6 Å². The molecule has 0 saturated carbocycles. The first kappa shape index (κ1) is 39.4. The molecular weight excluding hydrogens is 705 g/mol. The van der Waals surface area contributed by atoms with Crippen molar-refractivity contribution >= 4 is 63.5 Å². The highest BCUT2D eigenvalue weighted by Gasteiger charge is 2.28. The number of amides is 4. The Bertz CT molecular complexity index is 1970. The molecule has 54 heavy (non-hydrogen) atoms. The summed E-state index contributed by atoms with van der Waals surface area (Å²) in [7, 11) is 4.52. The zero-order valence-electron chi connectivity index (χ0n) is 30.3. The molecule has 6 N–H and O–H groups in total. The van der Waals surface area contributed by atoms with Gasteiger partial charge < -0.3 is 55.4 Å². The first-order chi connectivity index (χ1) is 26.1. The number of methoxy groups -OCH3 is 1. The second kappa shape index (κ2) is 18.8. The van der Waals surface area contributed by atoms with E-state index in [1.165, 1.54) is 31.2 Å². The molecule has 18 heteroatoms. The van der Waals surface area contributed by atoms with Crippen LogP contribution < -0.4 is 31.3 Å². The lowest BCUT2D eigenvalue weighted by Crippen LogP contribution is -2.40. The zero-order chi connectivity index (χ0) is 38.6. The molecule has 4 aromatic rings. The first-order valence-electron chi connectivity index (χ1n) is 17.3. The van der Waals surface area contributed by atoms with Crippen LogP contribution in [0.3, 0.4) is 0 Å². The maximum absolute atomic E-state index is 14.7. The number of likely N-dealkylation sites (N-methyl/N-ethyl adjacent to an activating group) is 1. The first-order valence-corrected chi connectivity index (χ1v) is 17.3. The molecule has 0 aliphatic carbocycles. The molecule has 0 spiro atoms. The summed E-state index contributed by atoms with van der Waals surface area (Å²) in [4.78, 5) is 64.7. The highest BCUT2D eigenvalue weighted by molar-refractivity contribution is 6.02. The summed E-state index contributed by atoms with van der Waals surface area (Å²) in [6, 6.07) is 9.63. The molecule has 0 fully saturated rings. The molecule has 2 aromatic carbocycles. The average Bonchev–Trinajstić information content (AvgIpc) is 3.80. The normalized spacial score (nSPS) is 12.0. The molecule has 0 bridgehead atoms. The maximum Gasteiger partial charge on any atom is 0.256 e. The number of carbonyl (C=O) groups is 4. The average molecular weight is 750 g/mol. The summed E-state index contributed by atoms with van der Waals surface area (Å²) in [5, 5.41) is 9.32. The van der Waals surface area contributed by atoms with Gasteiger partial charge >= 0.3 is 0 Å². The minimum Gasteiger partial charge on any atom is -0.495 e. The van der Waals surface area contributed by atoms with E-state index in [1.54, 1.807) is 36.3 Å². The fourth-order valence-corrected chi connectivity index (χ4v) is 5.71. The van der Waals surface area contributed by atoms with E-state index in [4.69, 9.17) is 24.7 Å². The molecule has 17 nitrogen and oxygen atoms in total. The van der Waals surface area contributed by atoms with Crippen molar-refractivity contribution < 1.29 is 42.5 Å². The summed E-state index contributed by atoms with van der Waals surface area (Å²) in [6.45, 7) is 1.97. The number of aromatic amines is 1. The van der Waals surface area contributed by atoms with Crippen LogP contribution in [0.1, 0.15) is 28.8 Å². The minimum atomic E-state index is -0.694. The molecule has 2 aromatic heterocycles. The molecule has 1 aliphatic rings. The van der Waals surface area contributed by atoms with Gasteiger partial charge in [0.2, 0.25) is 23.7 Å². The van der Waals surface area contributed by atoms with Crippen LogP contribution in [0.15, 0.2) is 42.6 Å². The second-order valence-electron chi connectivity index (χ2n) is 12.2. The topological polar surface area (TPSA) is 215 Å². The van der Waals surface area contributed by atoms with Crippen molar-refractivity contribution in [3.05, 3.63) is 59.5 Å². The Morgan fingerprint density at radius 2 is 1.69 bits per heavy atom. The van der Waals surface area contributed by atoms with E-state index in [-0.39, 0.29) is 68.2 Å². The Kier molecular flexibility index (Phi) is 13.7. The largest absolute Gasteiger partial charge is 0.495 e. The number of H-pyrrole nitrogens is 1. The van der Waals surface area contributed by atoms with Gasteiger partial charge in [0.1, 0.15) is 23.0 Å². The Morgan fingerprint density at radius 3 is 2.39 bits per heavy atom. The number of benzene rings is 2. The van der Waals surface area contributed by atoms with Crippen molar-refractivity contribution in [2.75, 3.05) is 89.5 Å². The number of ether oxygens (including phenoxy) is 4. The number of hydrogen-bond acceptors (Lipinski definition) is 12. The third-order valence-corrected chi connectivity index (χ3v) is 8.48. The van der Waals surface area contributed by atoms with Crippen LogP contribution in [0, 0.1) is 5.82 Å². The molecule has 0 atom stereocenters. The summed E-state index contributed by atoms with van der Waals surface area (Å²) in [5.74, 6) is -1.26. The van der Waals surface area contributed by atoms with Crippen molar-refractivity contribution in [3.63, 3.8) is 0 Å². The van der Waals surface area contributed by atoms with Gasteiger partial charge in [-0.25, -0.2) is 4.39 Å². The molecule has 4 amide bonds. The van der Waals surface area contributed by atoms with Crippen LogP contribution in [0.4, 0.5) is 33.2 Å². The van der Waals surface area contributed by atoms with Gasteiger partial charge in [-0.05, 0) is 42.3 Å². The number of primary amides is 1. The molecular formula is C36H44FN9O8. The van der Waals surface area contributed by atoms with Crippen molar-refractivity contribution in [3.8, 4) is 5.75 Å². The lowest BCUT2D eigenvalue weighted by atomic mass is 10.1. The Labute approximate surface area is 310 Å². The SMILES string of the molecule is CNC(=O)c1c(F)cccc1Nc1nc(Nc2cc3c(cc2OC)CCN3C(=O)CN(C)C(=O)CCOCCOCCOCCC(N)=O)nc2[nH]ccc12. The quantitative estimate of drug-likeness (QED) is 0.0825. The van der Waals surface area contributed by atoms with Gasteiger partial charge in [0, 0.05) is 38.9 Å². The van der Waals surface area contributed by atoms with Crippen molar-refractivity contribution in [1.82, 2.24) is 25.2 Å². The van der Waals surface area contributed by atoms with E-state index in [0.717, 1.165) is 5.56 Å². The van der Waals surface area contributed by atoms with Gasteiger partial charge in [0.15, 0.2) is 0 Å². The van der Waals surface area contributed by atoms with Crippen molar-refractivity contribution in [2.24, 2.45) is 5.73 Å².